The van der Waals surface area contributed by atoms with Crippen molar-refractivity contribution in [3.05, 3.63) is 29.3 Å². The summed E-state index contributed by atoms with van der Waals surface area (Å²) in [6, 6.07) is 8.86. The smallest absolute Gasteiger partial charge is 0.136 e. The minimum atomic E-state index is 0.632. The Morgan fingerprint density at radius 3 is 2.90 bits per heavy atom. The Bertz CT molecular complexity index is 478. The molecule has 1 fully saturated rings. The molecule has 1 atom stereocenters. The maximum atomic E-state index is 9.18. The molecule has 0 aliphatic carbocycles. The van der Waals surface area contributed by atoms with E-state index in [-0.39, 0.29) is 0 Å². The SMILES string of the molecule is CCC1CCCCCN1Cc1ccc(OC)c(C#N)c1. The number of hydrogen-bond donors (Lipinski definition) is 0. The number of rotatable bonds is 4. The van der Waals surface area contributed by atoms with Crippen LogP contribution in [0.2, 0.25) is 0 Å². The minimum absolute atomic E-state index is 0.632. The fourth-order valence-electron chi connectivity index (χ4n) is 3.08. The number of ether oxygens (including phenoxy) is 1. The Kier molecular flexibility index (Phi) is 5.43. The first-order valence-corrected chi connectivity index (χ1v) is 7.59. The average molecular weight is 272 g/mol. The first-order valence-electron chi connectivity index (χ1n) is 7.59. The molecule has 1 heterocycles. The highest BCUT2D eigenvalue weighted by Gasteiger charge is 2.19. The van der Waals surface area contributed by atoms with Crippen LogP contribution in [0.3, 0.4) is 0 Å². The maximum absolute atomic E-state index is 9.18. The third-order valence-corrected chi connectivity index (χ3v) is 4.24. The summed E-state index contributed by atoms with van der Waals surface area (Å²) in [5, 5.41) is 9.18. The summed E-state index contributed by atoms with van der Waals surface area (Å²) in [4.78, 5) is 2.58. The van der Waals surface area contributed by atoms with Crippen molar-refractivity contribution in [1.29, 1.82) is 5.26 Å². The van der Waals surface area contributed by atoms with Gasteiger partial charge in [0.2, 0.25) is 0 Å². The quantitative estimate of drug-likeness (QED) is 0.838. The molecule has 108 valence electrons. The molecule has 0 aromatic heterocycles. The van der Waals surface area contributed by atoms with E-state index in [1.807, 2.05) is 12.1 Å². The second kappa shape index (κ2) is 7.31. The molecule has 0 radical (unpaired) electrons. The summed E-state index contributed by atoms with van der Waals surface area (Å²) in [6.07, 6.45) is 6.50. The minimum Gasteiger partial charge on any atom is -0.495 e. The lowest BCUT2D eigenvalue weighted by Gasteiger charge is -2.29. The Balaban J connectivity index is 2.13. The molecule has 1 aliphatic rings. The zero-order valence-corrected chi connectivity index (χ0v) is 12.6. The molecule has 1 aromatic rings. The molecular weight excluding hydrogens is 248 g/mol. The van der Waals surface area contributed by atoms with Crippen molar-refractivity contribution >= 4 is 0 Å². The Morgan fingerprint density at radius 1 is 1.35 bits per heavy atom. The molecule has 1 unspecified atom stereocenters. The second-order valence-corrected chi connectivity index (χ2v) is 5.53. The van der Waals surface area contributed by atoms with Crippen molar-refractivity contribution in [2.24, 2.45) is 0 Å². The van der Waals surface area contributed by atoms with Crippen LogP contribution in [-0.2, 0) is 6.54 Å². The van der Waals surface area contributed by atoms with Gasteiger partial charge in [0.05, 0.1) is 12.7 Å². The van der Waals surface area contributed by atoms with Crippen LogP contribution in [0.1, 0.15) is 50.2 Å². The topological polar surface area (TPSA) is 36.3 Å². The van der Waals surface area contributed by atoms with E-state index in [0.29, 0.717) is 17.4 Å². The zero-order valence-electron chi connectivity index (χ0n) is 12.6. The molecule has 2 rings (SSSR count). The third kappa shape index (κ3) is 3.52. The predicted molar refractivity (Wildman–Crippen MR) is 80.7 cm³/mol. The lowest BCUT2D eigenvalue weighted by atomic mass is 10.1. The monoisotopic (exact) mass is 272 g/mol. The van der Waals surface area contributed by atoms with E-state index < -0.39 is 0 Å². The molecule has 3 nitrogen and oxygen atoms in total. The predicted octanol–water partition coefficient (Wildman–Crippen LogP) is 3.72. The van der Waals surface area contributed by atoms with Gasteiger partial charge in [-0.05, 0) is 43.5 Å². The largest absolute Gasteiger partial charge is 0.495 e. The highest BCUT2D eigenvalue weighted by atomic mass is 16.5. The Hall–Kier alpha value is -1.53. The summed E-state index contributed by atoms with van der Waals surface area (Å²) in [7, 11) is 1.61. The van der Waals surface area contributed by atoms with Gasteiger partial charge in [0.1, 0.15) is 11.8 Å². The molecule has 3 heteroatoms. The zero-order chi connectivity index (χ0) is 14.4. The number of nitriles is 1. The van der Waals surface area contributed by atoms with Crippen LogP contribution >= 0.6 is 0 Å². The summed E-state index contributed by atoms with van der Waals surface area (Å²) in [5.74, 6) is 0.666. The average Bonchev–Trinajstić information content (AvgIpc) is 2.72. The van der Waals surface area contributed by atoms with Gasteiger partial charge in [0.15, 0.2) is 0 Å². The number of hydrogen-bond acceptors (Lipinski definition) is 3. The van der Waals surface area contributed by atoms with Crippen LogP contribution in [0.5, 0.6) is 5.75 Å². The normalized spacial score (nSPS) is 20.1. The third-order valence-electron chi connectivity index (χ3n) is 4.24. The number of methoxy groups -OCH3 is 1. The molecule has 0 spiro atoms. The van der Waals surface area contributed by atoms with Gasteiger partial charge in [-0.3, -0.25) is 4.90 Å². The van der Waals surface area contributed by atoms with E-state index in [1.54, 1.807) is 7.11 Å². The number of nitrogens with zero attached hydrogens (tertiary/aromatic N) is 2. The van der Waals surface area contributed by atoms with E-state index in [9.17, 15) is 5.26 Å². The first kappa shape index (κ1) is 14.9. The molecule has 20 heavy (non-hydrogen) atoms. The van der Waals surface area contributed by atoms with Gasteiger partial charge in [-0.15, -0.1) is 0 Å². The van der Waals surface area contributed by atoms with Crippen molar-refractivity contribution < 1.29 is 4.74 Å². The summed E-state index contributed by atoms with van der Waals surface area (Å²) in [5.41, 5.74) is 1.84. The lowest BCUT2D eigenvalue weighted by Crippen LogP contribution is -2.33. The van der Waals surface area contributed by atoms with Crippen LogP contribution in [-0.4, -0.2) is 24.6 Å². The van der Waals surface area contributed by atoms with Crippen LogP contribution < -0.4 is 4.74 Å². The molecule has 0 amide bonds. The Labute approximate surface area is 122 Å². The van der Waals surface area contributed by atoms with Crippen LogP contribution in [0.15, 0.2) is 18.2 Å². The van der Waals surface area contributed by atoms with Crippen molar-refractivity contribution in [3.8, 4) is 11.8 Å². The van der Waals surface area contributed by atoms with E-state index in [1.165, 1.54) is 44.2 Å². The number of likely N-dealkylation sites (tertiary alicyclic amines) is 1. The highest BCUT2D eigenvalue weighted by molar-refractivity contribution is 5.45. The van der Waals surface area contributed by atoms with Gasteiger partial charge in [0, 0.05) is 12.6 Å². The number of benzene rings is 1. The van der Waals surface area contributed by atoms with Gasteiger partial charge < -0.3 is 4.74 Å². The van der Waals surface area contributed by atoms with Crippen molar-refractivity contribution in [2.75, 3.05) is 13.7 Å². The molecular formula is C17H24N2O. The van der Waals surface area contributed by atoms with Crippen LogP contribution in [0.4, 0.5) is 0 Å². The molecule has 1 saturated heterocycles. The first-order chi connectivity index (χ1) is 9.78. The molecule has 0 saturated carbocycles. The van der Waals surface area contributed by atoms with Crippen molar-refractivity contribution in [1.82, 2.24) is 4.90 Å². The summed E-state index contributed by atoms with van der Waals surface area (Å²) in [6.45, 7) is 4.39. The van der Waals surface area contributed by atoms with Gasteiger partial charge >= 0.3 is 0 Å². The van der Waals surface area contributed by atoms with E-state index in [2.05, 4.69) is 24.0 Å². The standard InChI is InChI=1S/C17H24N2O/c1-3-16-7-5-4-6-10-19(16)13-14-8-9-17(20-2)15(11-14)12-18/h8-9,11,16H,3-7,10,13H2,1-2H3. The molecule has 0 bridgehead atoms. The Morgan fingerprint density at radius 2 is 2.20 bits per heavy atom. The lowest BCUT2D eigenvalue weighted by molar-refractivity contribution is 0.186. The molecule has 1 aliphatic heterocycles. The van der Waals surface area contributed by atoms with Crippen LogP contribution in [0.25, 0.3) is 0 Å². The molecule has 0 N–H and O–H groups in total. The van der Waals surface area contributed by atoms with E-state index in [4.69, 9.17) is 4.74 Å². The maximum Gasteiger partial charge on any atom is 0.136 e. The molecule has 1 aromatic carbocycles. The fourth-order valence-corrected chi connectivity index (χ4v) is 3.08. The fraction of sp³-hybridized carbons (Fsp3) is 0.588. The highest BCUT2D eigenvalue weighted by Crippen LogP contribution is 2.24. The van der Waals surface area contributed by atoms with E-state index in [0.717, 1.165) is 6.54 Å². The van der Waals surface area contributed by atoms with Gasteiger partial charge in [-0.2, -0.15) is 5.26 Å². The van der Waals surface area contributed by atoms with Crippen molar-refractivity contribution in [2.45, 2.75) is 51.6 Å². The second-order valence-electron chi connectivity index (χ2n) is 5.53. The van der Waals surface area contributed by atoms with Gasteiger partial charge in [-0.25, -0.2) is 0 Å². The van der Waals surface area contributed by atoms with Crippen molar-refractivity contribution in [3.63, 3.8) is 0 Å². The van der Waals surface area contributed by atoms with Gasteiger partial charge in [0.25, 0.3) is 0 Å². The van der Waals surface area contributed by atoms with Gasteiger partial charge in [-0.1, -0.05) is 25.8 Å². The summed E-state index contributed by atoms with van der Waals surface area (Å²) < 4.78 is 5.21. The van der Waals surface area contributed by atoms with E-state index >= 15 is 0 Å². The van der Waals surface area contributed by atoms with Crippen LogP contribution in [0, 0.1) is 11.3 Å². The summed E-state index contributed by atoms with van der Waals surface area (Å²) >= 11 is 0.